The molecule has 4 rings (SSSR count). The van der Waals surface area contributed by atoms with Crippen molar-refractivity contribution in [3.05, 3.63) is 46.8 Å². The molecule has 11 nitrogen and oxygen atoms in total. The van der Waals surface area contributed by atoms with Gasteiger partial charge < -0.3 is 49.3 Å². The van der Waals surface area contributed by atoms with Crippen LogP contribution in [0.4, 0.5) is 0 Å². The Morgan fingerprint density at radius 2 is 1.76 bits per heavy atom. The fraction of sp³-hybridized carbons (Fsp3) is 0.318. The van der Waals surface area contributed by atoms with Crippen molar-refractivity contribution in [2.24, 2.45) is 0 Å². The van der Waals surface area contributed by atoms with E-state index in [1.165, 1.54) is 31.4 Å². The van der Waals surface area contributed by atoms with E-state index in [-0.39, 0.29) is 45.1 Å². The predicted molar refractivity (Wildman–Crippen MR) is 112 cm³/mol. The maximum Gasteiger partial charge on any atom is 0.229 e. The number of aliphatic hydroxyl groups is 4. The Balaban J connectivity index is 1.78. The van der Waals surface area contributed by atoms with Gasteiger partial charge in [0.1, 0.15) is 64.6 Å². The minimum Gasteiger partial charge on any atom is -0.508 e. The molecule has 5 atom stereocenters. The Morgan fingerprint density at radius 3 is 2.45 bits per heavy atom. The molecule has 33 heavy (non-hydrogen) atoms. The summed E-state index contributed by atoms with van der Waals surface area (Å²) in [5, 5.41) is 59.7. The second kappa shape index (κ2) is 8.89. The highest BCUT2D eigenvalue weighted by Crippen LogP contribution is 2.36. The van der Waals surface area contributed by atoms with Gasteiger partial charge in [0.25, 0.3) is 0 Å². The molecule has 6 N–H and O–H groups in total. The van der Waals surface area contributed by atoms with Gasteiger partial charge in [0.05, 0.1) is 19.3 Å². The third kappa shape index (κ3) is 4.08. The summed E-state index contributed by atoms with van der Waals surface area (Å²) in [6.07, 6.45) is -6.60. The van der Waals surface area contributed by atoms with Crippen molar-refractivity contribution in [2.75, 3.05) is 13.7 Å². The molecule has 2 aromatic carbocycles. The highest BCUT2D eigenvalue weighted by Gasteiger charge is 2.45. The zero-order valence-electron chi connectivity index (χ0n) is 17.3. The molecule has 0 amide bonds. The van der Waals surface area contributed by atoms with Crippen LogP contribution in [0.2, 0.25) is 0 Å². The maximum absolute atomic E-state index is 13.2. The highest BCUT2D eigenvalue weighted by molar-refractivity contribution is 5.88. The molecular weight excluding hydrogens is 440 g/mol. The maximum atomic E-state index is 13.2. The second-order valence-corrected chi connectivity index (χ2v) is 7.49. The van der Waals surface area contributed by atoms with E-state index in [2.05, 4.69) is 0 Å². The Kier molecular flexibility index (Phi) is 6.15. The van der Waals surface area contributed by atoms with E-state index in [1.807, 2.05) is 0 Å². The summed E-state index contributed by atoms with van der Waals surface area (Å²) < 4.78 is 21.6. The van der Waals surface area contributed by atoms with Gasteiger partial charge in [-0.05, 0) is 12.1 Å². The molecule has 2 heterocycles. The number of hydrogen-bond donors (Lipinski definition) is 6. The molecular formula is C22H22O11. The van der Waals surface area contributed by atoms with Gasteiger partial charge >= 0.3 is 0 Å². The topological polar surface area (TPSA) is 179 Å². The molecule has 5 unspecified atom stereocenters. The minimum atomic E-state index is -1.71. The number of fused-ring (bicyclic) bond motifs is 1. The van der Waals surface area contributed by atoms with Gasteiger partial charge in [-0.3, -0.25) is 4.79 Å². The van der Waals surface area contributed by atoms with E-state index in [1.54, 1.807) is 0 Å². The van der Waals surface area contributed by atoms with Crippen LogP contribution < -0.4 is 14.9 Å². The van der Waals surface area contributed by atoms with Crippen LogP contribution in [0.5, 0.6) is 23.0 Å². The van der Waals surface area contributed by atoms with Crippen molar-refractivity contribution in [1.82, 2.24) is 0 Å². The average molecular weight is 462 g/mol. The van der Waals surface area contributed by atoms with E-state index in [0.717, 1.165) is 12.3 Å². The Hall–Kier alpha value is -3.35. The van der Waals surface area contributed by atoms with Crippen LogP contribution in [-0.4, -0.2) is 75.1 Å². The van der Waals surface area contributed by atoms with E-state index in [4.69, 9.17) is 18.6 Å². The molecule has 1 aliphatic heterocycles. The first kappa shape index (κ1) is 22.8. The van der Waals surface area contributed by atoms with Gasteiger partial charge in [-0.2, -0.15) is 0 Å². The first-order chi connectivity index (χ1) is 15.7. The quantitative estimate of drug-likeness (QED) is 0.302. The van der Waals surface area contributed by atoms with Crippen LogP contribution >= 0.6 is 0 Å². The smallest absolute Gasteiger partial charge is 0.229 e. The van der Waals surface area contributed by atoms with Crippen LogP contribution in [0.1, 0.15) is 0 Å². The lowest BCUT2D eigenvalue weighted by Crippen LogP contribution is -2.60. The first-order valence-corrected chi connectivity index (χ1v) is 9.88. The van der Waals surface area contributed by atoms with E-state index in [0.29, 0.717) is 0 Å². The van der Waals surface area contributed by atoms with Crippen LogP contribution in [0.15, 0.2) is 45.8 Å². The summed E-state index contributed by atoms with van der Waals surface area (Å²) in [5.41, 5.74) is -0.449. The Bertz CT molecular complexity index is 1220. The number of aromatic hydroxyl groups is 2. The lowest BCUT2D eigenvalue weighted by molar-refractivity contribution is -0.277. The zero-order valence-corrected chi connectivity index (χ0v) is 17.3. The van der Waals surface area contributed by atoms with Gasteiger partial charge in [0.2, 0.25) is 11.7 Å². The van der Waals surface area contributed by atoms with Gasteiger partial charge in [-0.25, -0.2) is 0 Å². The molecule has 0 saturated carbocycles. The largest absolute Gasteiger partial charge is 0.508 e. The predicted octanol–water partition coefficient (Wildman–Crippen LogP) is 0.0585. The van der Waals surface area contributed by atoms with Gasteiger partial charge in [-0.1, -0.05) is 0 Å². The molecule has 1 aliphatic rings. The number of benzene rings is 2. The summed E-state index contributed by atoms with van der Waals surface area (Å²) in [4.78, 5) is 13.2. The molecule has 1 fully saturated rings. The first-order valence-electron chi connectivity index (χ1n) is 9.88. The third-order valence-corrected chi connectivity index (χ3v) is 5.41. The third-order valence-electron chi connectivity index (χ3n) is 5.41. The van der Waals surface area contributed by atoms with Crippen LogP contribution in [0.25, 0.3) is 22.1 Å². The number of aliphatic hydroxyl groups excluding tert-OH is 4. The minimum absolute atomic E-state index is 0.0393. The van der Waals surface area contributed by atoms with Gasteiger partial charge in [0, 0.05) is 23.8 Å². The molecule has 176 valence electrons. The number of rotatable bonds is 5. The van der Waals surface area contributed by atoms with E-state index >= 15 is 0 Å². The van der Waals surface area contributed by atoms with Crippen molar-refractivity contribution < 1.29 is 49.3 Å². The lowest BCUT2D eigenvalue weighted by atomic mass is 9.99. The van der Waals surface area contributed by atoms with Crippen molar-refractivity contribution >= 4 is 11.0 Å². The fourth-order valence-electron chi connectivity index (χ4n) is 3.63. The van der Waals surface area contributed by atoms with Crippen LogP contribution in [0.3, 0.4) is 0 Å². The average Bonchev–Trinajstić information content (AvgIpc) is 2.80. The molecule has 11 heteroatoms. The molecule has 0 bridgehead atoms. The van der Waals surface area contributed by atoms with E-state index in [9.17, 15) is 35.4 Å². The molecule has 0 spiro atoms. The van der Waals surface area contributed by atoms with Crippen LogP contribution in [0, 0.1) is 0 Å². The number of methoxy groups -OCH3 is 1. The monoisotopic (exact) mass is 462 g/mol. The SMILES string of the molecule is COc1cc(O)c2c(=O)c(-c3ccc(O)cc3OC3OC(CO)C(O)C(O)C3O)coc2c1. The summed E-state index contributed by atoms with van der Waals surface area (Å²) in [6.45, 7) is -0.658. The Morgan fingerprint density at radius 1 is 1.00 bits per heavy atom. The summed E-state index contributed by atoms with van der Waals surface area (Å²) in [6, 6.07) is 6.47. The molecule has 0 aliphatic carbocycles. The summed E-state index contributed by atoms with van der Waals surface area (Å²) in [7, 11) is 1.40. The molecule has 1 saturated heterocycles. The lowest BCUT2D eigenvalue weighted by Gasteiger charge is -2.39. The molecule has 3 aromatic rings. The van der Waals surface area contributed by atoms with Crippen molar-refractivity contribution in [2.45, 2.75) is 30.7 Å². The Labute approximate surface area is 186 Å². The summed E-state index contributed by atoms with van der Waals surface area (Å²) in [5.74, 6) is -0.447. The van der Waals surface area contributed by atoms with Crippen molar-refractivity contribution in [3.8, 4) is 34.1 Å². The van der Waals surface area contributed by atoms with Crippen molar-refractivity contribution in [1.29, 1.82) is 0 Å². The van der Waals surface area contributed by atoms with Crippen molar-refractivity contribution in [3.63, 3.8) is 0 Å². The van der Waals surface area contributed by atoms with Gasteiger partial charge in [-0.15, -0.1) is 0 Å². The summed E-state index contributed by atoms with van der Waals surface area (Å²) >= 11 is 0. The fourth-order valence-corrected chi connectivity index (χ4v) is 3.63. The molecule has 1 aromatic heterocycles. The molecule has 0 radical (unpaired) electrons. The normalized spacial score (nSPS) is 25.2. The number of phenolic OH excluding ortho intramolecular Hbond substituents is 2. The number of ether oxygens (including phenoxy) is 3. The zero-order chi connectivity index (χ0) is 23.9. The standard InChI is InChI=1S/C22H22O11/c1-30-10-5-13(25)17-15(6-10)31-8-12(18(17)26)11-3-2-9(24)4-14(11)32-22-21(29)20(28)19(27)16(7-23)33-22/h2-6,8,16,19-25,27-29H,7H2,1H3. The number of hydrogen-bond acceptors (Lipinski definition) is 11. The van der Waals surface area contributed by atoms with Gasteiger partial charge in [0.15, 0.2) is 0 Å². The van der Waals surface area contributed by atoms with E-state index < -0.39 is 42.7 Å². The highest BCUT2D eigenvalue weighted by atomic mass is 16.7. The van der Waals surface area contributed by atoms with Crippen LogP contribution in [-0.2, 0) is 4.74 Å². The second-order valence-electron chi connectivity index (χ2n) is 7.49. The number of phenols is 2.